The number of aromatic nitrogens is 2. The van der Waals surface area contributed by atoms with Crippen LogP contribution in [0.4, 0.5) is 0 Å². The van der Waals surface area contributed by atoms with E-state index in [0.29, 0.717) is 5.56 Å². The Hall–Kier alpha value is -1.36. The van der Waals surface area contributed by atoms with Crippen LogP contribution in [0.25, 0.3) is 5.52 Å². The lowest BCUT2D eigenvalue weighted by atomic mass is 10.3. The van der Waals surface area contributed by atoms with Crippen LogP contribution in [0, 0.1) is 0 Å². The highest BCUT2D eigenvalue weighted by Gasteiger charge is 2.09. The Morgan fingerprint density at radius 3 is 3.14 bits per heavy atom. The molecule has 0 spiro atoms. The van der Waals surface area contributed by atoms with Gasteiger partial charge in [0.15, 0.2) is 0 Å². The summed E-state index contributed by atoms with van der Waals surface area (Å²) in [5, 5.41) is 4.04. The van der Waals surface area contributed by atoms with Gasteiger partial charge in [-0.2, -0.15) is 5.10 Å². The Kier molecular flexibility index (Phi) is 2.25. The van der Waals surface area contributed by atoms with Crippen molar-refractivity contribution in [1.82, 2.24) is 9.61 Å². The summed E-state index contributed by atoms with van der Waals surface area (Å²) in [6, 6.07) is 3.56. The second-order valence-electron chi connectivity index (χ2n) is 2.73. The van der Waals surface area contributed by atoms with E-state index in [1.165, 1.54) is 7.11 Å². The van der Waals surface area contributed by atoms with E-state index in [0.717, 1.165) is 9.99 Å². The normalized spacial score (nSPS) is 10.4. The first-order chi connectivity index (χ1) is 6.72. The van der Waals surface area contributed by atoms with Crippen molar-refractivity contribution in [3.63, 3.8) is 0 Å². The predicted octanol–water partition coefficient (Wildman–Crippen LogP) is 1.88. The minimum absolute atomic E-state index is 0.372. The average Bonchev–Trinajstić information content (AvgIpc) is 2.64. The molecule has 0 saturated heterocycles. The maximum Gasteiger partial charge on any atom is 0.339 e. The van der Waals surface area contributed by atoms with Crippen LogP contribution in [-0.4, -0.2) is 22.7 Å². The Bertz CT molecular complexity index is 493. The molecule has 0 aliphatic carbocycles. The first kappa shape index (κ1) is 9.21. The summed E-state index contributed by atoms with van der Waals surface area (Å²) in [6.07, 6.45) is 3.30. The molecule has 72 valence electrons. The van der Waals surface area contributed by atoms with Gasteiger partial charge in [0.2, 0.25) is 0 Å². The number of nitrogens with zero attached hydrogens (tertiary/aromatic N) is 2. The second-order valence-corrected chi connectivity index (χ2v) is 3.58. The molecule has 2 rings (SSSR count). The smallest absolute Gasteiger partial charge is 0.339 e. The van der Waals surface area contributed by atoms with E-state index < -0.39 is 0 Å². The third kappa shape index (κ3) is 1.39. The van der Waals surface area contributed by atoms with Crippen molar-refractivity contribution < 1.29 is 9.53 Å². The number of ether oxygens (including phenoxy) is 1. The number of fused-ring (bicyclic) bond motifs is 1. The number of rotatable bonds is 1. The van der Waals surface area contributed by atoms with E-state index in [4.69, 9.17) is 0 Å². The van der Waals surface area contributed by atoms with Crippen LogP contribution in [0.1, 0.15) is 10.4 Å². The Morgan fingerprint density at radius 1 is 1.64 bits per heavy atom. The fourth-order valence-electron chi connectivity index (χ4n) is 1.22. The van der Waals surface area contributed by atoms with Crippen molar-refractivity contribution in [1.29, 1.82) is 0 Å². The van der Waals surface area contributed by atoms with Gasteiger partial charge in [0.05, 0.1) is 24.4 Å². The molecule has 0 aliphatic heterocycles. The minimum Gasteiger partial charge on any atom is -0.465 e. The molecule has 0 N–H and O–H groups in total. The van der Waals surface area contributed by atoms with Gasteiger partial charge >= 0.3 is 5.97 Å². The van der Waals surface area contributed by atoms with Gasteiger partial charge in [-0.3, -0.25) is 0 Å². The number of carbonyl (C=O) groups is 1. The molecule has 2 aromatic rings. The van der Waals surface area contributed by atoms with Crippen LogP contribution < -0.4 is 0 Å². The molecule has 0 radical (unpaired) electrons. The first-order valence-electron chi connectivity index (χ1n) is 3.93. The molecule has 4 nitrogen and oxygen atoms in total. The van der Waals surface area contributed by atoms with Crippen LogP contribution in [0.3, 0.4) is 0 Å². The summed E-state index contributed by atoms with van der Waals surface area (Å²) >= 11 is 3.36. The van der Waals surface area contributed by atoms with Crippen molar-refractivity contribution in [3.05, 3.63) is 34.6 Å². The summed E-state index contributed by atoms with van der Waals surface area (Å²) in [7, 11) is 1.35. The number of hydrogen-bond acceptors (Lipinski definition) is 3. The zero-order valence-corrected chi connectivity index (χ0v) is 8.98. The molecule has 2 heterocycles. The molecular formula is C9H7BrN2O2. The lowest BCUT2D eigenvalue weighted by Crippen LogP contribution is -2.03. The molecule has 5 heteroatoms. The standard InChI is InChI=1S/C9H7BrN2O2/c1-14-9(13)6-4-7(10)8-2-3-11-12(8)5-6/h2-5H,1H3. The predicted molar refractivity (Wildman–Crippen MR) is 54.2 cm³/mol. The molecule has 0 bridgehead atoms. The summed E-state index contributed by atoms with van der Waals surface area (Å²) in [5.41, 5.74) is 1.38. The van der Waals surface area contributed by atoms with Gasteiger partial charge in [0.1, 0.15) is 0 Å². The van der Waals surface area contributed by atoms with Gasteiger partial charge < -0.3 is 4.74 Å². The van der Waals surface area contributed by atoms with E-state index in [2.05, 4.69) is 25.8 Å². The van der Waals surface area contributed by atoms with Gasteiger partial charge in [-0.25, -0.2) is 9.31 Å². The topological polar surface area (TPSA) is 43.6 Å². The van der Waals surface area contributed by atoms with Crippen molar-refractivity contribution in [2.45, 2.75) is 0 Å². The Morgan fingerprint density at radius 2 is 2.43 bits per heavy atom. The van der Waals surface area contributed by atoms with Crippen LogP contribution in [-0.2, 0) is 4.74 Å². The van der Waals surface area contributed by atoms with Crippen molar-refractivity contribution in [2.75, 3.05) is 7.11 Å². The zero-order chi connectivity index (χ0) is 10.1. The number of hydrogen-bond donors (Lipinski definition) is 0. The molecule has 14 heavy (non-hydrogen) atoms. The largest absolute Gasteiger partial charge is 0.465 e. The molecule has 0 fully saturated rings. The van der Waals surface area contributed by atoms with Gasteiger partial charge in [0, 0.05) is 10.7 Å². The number of pyridine rings is 1. The fourth-order valence-corrected chi connectivity index (χ4v) is 1.78. The maximum absolute atomic E-state index is 11.2. The molecule has 0 atom stereocenters. The summed E-state index contributed by atoms with van der Waals surface area (Å²) < 4.78 is 7.05. The Balaban J connectivity index is 2.64. The van der Waals surface area contributed by atoms with Crippen LogP contribution in [0.15, 0.2) is 29.0 Å². The van der Waals surface area contributed by atoms with Crippen molar-refractivity contribution in [3.8, 4) is 0 Å². The molecule has 0 unspecified atom stereocenters. The van der Waals surface area contributed by atoms with Gasteiger partial charge in [0.25, 0.3) is 0 Å². The zero-order valence-electron chi connectivity index (χ0n) is 7.40. The van der Waals surface area contributed by atoms with E-state index in [1.54, 1.807) is 23.0 Å². The highest BCUT2D eigenvalue weighted by molar-refractivity contribution is 9.10. The summed E-state index contributed by atoms with van der Waals surface area (Å²) in [4.78, 5) is 11.2. The van der Waals surface area contributed by atoms with E-state index >= 15 is 0 Å². The lowest BCUT2D eigenvalue weighted by Gasteiger charge is -2.01. The number of carbonyl (C=O) groups excluding carboxylic acids is 1. The number of halogens is 1. The molecule has 2 aromatic heterocycles. The summed E-state index contributed by atoms with van der Waals surface area (Å²) in [5.74, 6) is -0.372. The van der Waals surface area contributed by atoms with Crippen LogP contribution in [0.5, 0.6) is 0 Å². The van der Waals surface area contributed by atoms with Crippen molar-refractivity contribution >= 4 is 27.4 Å². The highest BCUT2D eigenvalue weighted by atomic mass is 79.9. The third-order valence-electron chi connectivity index (χ3n) is 1.88. The molecule has 0 amide bonds. The quantitative estimate of drug-likeness (QED) is 0.731. The van der Waals surface area contributed by atoms with Crippen LogP contribution >= 0.6 is 15.9 Å². The maximum atomic E-state index is 11.2. The molecular weight excluding hydrogens is 248 g/mol. The molecule has 0 saturated carbocycles. The van der Waals surface area contributed by atoms with Crippen molar-refractivity contribution in [2.24, 2.45) is 0 Å². The average molecular weight is 255 g/mol. The Labute approximate surface area is 88.6 Å². The monoisotopic (exact) mass is 254 g/mol. The fraction of sp³-hybridized carbons (Fsp3) is 0.111. The first-order valence-corrected chi connectivity index (χ1v) is 4.73. The van der Waals surface area contributed by atoms with Gasteiger partial charge in [-0.15, -0.1) is 0 Å². The SMILES string of the molecule is COC(=O)c1cc(Br)c2ccnn2c1. The molecule has 0 aliphatic rings. The molecule has 0 aromatic carbocycles. The van der Waals surface area contributed by atoms with Crippen LogP contribution in [0.2, 0.25) is 0 Å². The van der Waals surface area contributed by atoms with E-state index in [-0.39, 0.29) is 5.97 Å². The summed E-state index contributed by atoms with van der Waals surface area (Å²) in [6.45, 7) is 0. The van der Waals surface area contributed by atoms with Gasteiger partial charge in [-0.05, 0) is 28.1 Å². The highest BCUT2D eigenvalue weighted by Crippen LogP contribution is 2.19. The van der Waals surface area contributed by atoms with E-state index in [1.807, 2.05) is 6.07 Å². The minimum atomic E-state index is -0.372. The van der Waals surface area contributed by atoms with Gasteiger partial charge in [-0.1, -0.05) is 0 Å². The lowest BCUT2D eigenvalue weighted by molar-refractivity contribution is 0.0600. The third-order valence-corrected chi connectivity index (χ3v) is 2.51. The second kappa shape index (κ2) is 3.42. The number of esters is 1. The van der Waals surface area contributed by atoms with E-state index in [9.17, 15) is 4.79 Å². The number of methoxy groups -OCH3 is 1.